The molecule has 1 aromatic heterocycles. The molecule has 1 saturated heterocycles. The molecule has 35 heavy (non-hydrogen) atoms. The van der Waals surface area contributed by atoms with Gasteiger partial charge in [-0.1, -0.05) is 42.5 Å². The topological polar surface area (TPSA) is 88.0 Å². The van der Waals surface area contributed by atoms with Crippen LogP contribution >= 0.6 is 23.1 Å². The number of amides is 1. The predicted octanol–water partition coefficient (Wildman–Crippen LogP) is 6.00. The molecule has 4 aromatic rings. The van der Waals surface area contributed by atoms with E-state index in [0.717, 1.165) is 21.2 Å². The van der Waals surface area contributed by atoms with E-state index in [1.807, 2.05) is 60.0 Å². The SMILES string of the molecule is O=C(O)Cc1ccc(N=C2NC(=O)C(=Cc3cc4ccccc4cc3OCc3cccs3)S2)cc1. The first kappa shape index (κ1) is 22.9. The van der Waals surface area contributed by atoms with Crippen LogP contribution in [0.1, 0.15) is 16.0 Å². The number of carboxylic acid groups (broad SMARTS) is 1. The molecule has 2 heterocycles. The lowest BCUT2D eigenvalue weighted by Crippen LogP contribution is -2.19. The van der Waals surface area contributed by atoms with E-state index in [0.29, 0.717) is 33.7 Å². The number of carbonyl (C=O) groups excluding carboxylic acids is 1. The maximum absolute atomic E-state index is 12.7. The van der Waals surface area contributed by atoms with Gasteiger partial charge in [-0.05, 0) is 69.9 Å². The standard InChI is InChI=1S/C27H20N2O4S2/c30-25(31)12-17-7-9-21(10-8-17)28-27-29-26(32)24(35-27)15-20-13-18-4-1-2-5-19(18)14-23(20)33-16-22-6-3-11-34-22/h1-11,13-15H,12,16H2,(H,30,31)(H,28,29,32). The number of hydrogen-bond acceptors (Lipinski definition) is 6. The van der Waals surface area contributed by atoms with Crippen molar-refractivity contribution >= 4 is 62.7 Å². The molecule has 0 spiro atoms. The van der Waals surface area contributed by atoms with Crippen LogP contribution in [0.4, 0.5) is 5.69 Å². The zero-order valence-corrected chi connectivity index (χ0v) is 20.1. The summed E-state index contributed by atoms with van der Waals surface area (Å²) < 4.78 is 6.15. The van der Waals surface area contributed by atoms with Crippen LogP contribution < -0.4 is 10.1 Å². The Morgan fingerprint density at radius 3 is 2.51 bits per heavy atom. The second-order valence-electron chi connectivity index (χ2n) is 7.82. The quantitative estimate of drug-likeness (QED) is 0.304. The maximum atomic E-state index is 12.7. The molecule has 0 atom stereocenters. The van der Waals surface area contributed by atoms with Crippen LogP contribution in [0.3, 0.4) is 0 Å². The molecule has 0 unspecified atom stereocenters. The third kappa shape index (κ3) is 5.62. The van der Waals surface area contributed by atoms with E-state index >= 15 is 0 Å². The maximum Gasteiger partial charge on any atom is 0.307 e. The van der Waals surface area contributed by atoms with Crippen LogP contribution in [0.5, 0.6) is 5.75 Å². The number of fused-ring (bicyclic) bond motifs is 1. The van der Waals surface area contributed by atoms with Crippen LogP contribution in [-0.4, -0.2) is 22.2 Å². The van der Waals surface area contributed by atoms with E-state index in [4.69, 9.17) is 9.84 Å². The van der Waals surface area contributed by atoms with Gasteiger partial charge in [0.25, 0.3) is 5.91 Å². The molecule has 1 amide bonds. The number of aliphatic carboxylic acids is 1. The summed E-state index contributed by atoms with van der Waals surface area (Å²) >= 11 is 2.89. The van der Waals surface area contributed by atoms with Gasteiger partial charge in [0.05, 0.1) is 17.0 Å². The van der Waals surface area contributed by atoms with Crippen molar-refractivity contribution in [1.29, 1.82) is 0 Å². The molecule has 174 valence electrons. The molecule has 5 rings (SSSR count). The summed E-state index contributed by atoms with van der Waals surface area (Å²) in [6.45, 7) is 0.454. The number of thioether (sulfide) groups is 1. The fourth-order valence-corrected chi connectivity index (χ4v) is 5.07. The molecule has 6 nitrogen and oxygen atoms in total. The number of amidine groups is 1. The van der Waals surface area contributed by atoms with E-state index < -0.39 is 5.97 Å². The van der Waals surface area contributed by atoms with Crippen LogP contribution in [-0.2, 0) is 22.6 Å². The van der Waals surface area contributed by atoms with Gasteiger partial charge in [0.1, 0.15) is 12.4 Å². The van der Waals surface area contributed by atoms with Crippen molar-refractivity contribution in [3.8, 4) is 5.75 Å². The highest BCUT2D eigenvalue weighted by Crippen LogP contribution is 2.33. The molecule has 3 aromatic carbocycles. The summed E-state index contributed by atoms with van der Waals surface area (Å²) in [5.41, 5.74) is 2.14. The third-order valence-corrected chi connectivity index (χ3v) is 7.05. The first-order chi connectivity index (χ1) is 17.0. The number of aliphatic imine (C=N–C) groups is 1. The van der Waals surface area contributed by atoms with E-state index in [1.165, 1.54) is 11.8 Å². The minimum atomic E-state index is -0.884. The minimum Gasteiger partial charge on any atom is -0.487 e. The van der Waals surface area contributed by atoms with Gasteiger partial charge in [0.2, 0.25) is 0 Å². The molecule has 8 heteroatoms. The Kier molecular flexibility index (Phi) is 6.65. The lowest BCUT2D eigenvalue weighted by molar-refractivity contribution is -0.136. The van der Waals surface area contributed by atoms with Crippen LogP contribution in [0.15, 0.2) is 88.1 Å². The average molecular weight is 501 g/mol. The van der Waals surface area contributed by atoms with E-state index in [2.05, 4.69) is 10.3 Å². The lowest BCUT2D eigenvalue weighted by Gasteiger charge is -2.11. The Labute approximate surface area is 210 Å². The van der Waals surface area contributed by atoms with Crippen molar-refractivity contribution in [2.24, 2.45) is 4.99 Å². The van der Waals surface area contributed by atoms with Gasteiger partial charge in [-0.3, -0.25) is 9.59 Å². The molecular formula is C27H20N2O4S2. The van der Waals surface area contributed by atoms with Gasteiger partial charge in [-0.15, -0.1) is 11.3 Å². The summed E-state index contributed by atoms with van der Waals surface area (Å²) in [6, 6.07) is 23.0. The van der Waals surface area contributed by atoms with E-state index in [9.17, 15) is 9.59 Å². The molecule has 1 aliphatic rings. The number of nitrogens with one attached hydrogen (secondary N) is 1. The van der Waals surface area contributed by atoms with Crippen molar-refractivity contribution in [3.05, 3.63) is 99.1 Å². The van der Waals surface area contributed by atoms with Crippen molar-refractivity contribution < 1.29 is 19.4 Å². The Morgan fingerprint density at radius 1 is 1.03 bits per heavy atom. The molecule has 0 saturated carbocycles. The van der Waals surface area contributed by atoms with E-state index in [-0.39, 0.29) is 12.3 Å². The summed E-state index contributed by atoms with van der Waals surface area (Å²) in [5.74, 6) is -0.407. The number of benzene rings is 3. The highest BCUT2D eigenvalue weighted by Gasteiger charge is 2.24. The Morgan fingerprint density at radius 2 is 1.80 bits per heavy atom. The fraction of sp³-hybridized carbons (Fsp3) is 0.0741. The van der Waals surface area contributed by atoms with Gasteiger partial charge < -0.3 is 15.2 Å². The summed E-state index contributed by atoms with van der Waals surface area (Å²) in [4.78, 5) is 29.7. The molecule has 0 radical (unpaired) electrons. The molecule has 2 N–H and O–H groups in total. The van der Waals surface area contributed by atoms with E-state index in [1.54, 1.807) is 35.6 Å². The highest BCUT2D eigenvalue weighted by atomic mass is 32.2. The number of ether oxygens (including phenoxy) is 1. The van der Waals surface area contributed by atoms with Crippen molar-refractivity contribution in [3.63, 3.8) is 0 Å². The van der Waals surface area contributed by atoms with Gasteiger partial charge >= 0.3 is 5.97 Å². The fourth-order valence-electron chi connectivity index (χ4n) is 3.62. The second-order valence-corrected chi connectivity index (χ2v) is 9.89. The Hall–Kier alpha value is -3.88. The number of thiophene rings is 1. The zero-order chi connectivity index (χ0) is 24.2. The number of carbonyl (C=O) groups is 2. The zero-order valence-electron chi connectivity index (χ0n) is 18.4. The molecule has 1 fully saturated rings. The number of rotatable bonds is 7. The van der Waals surface area contributed by atoms with Crippen molar-refractivity contribution in [2.45, 2.75) is 13.0 Å². The molecule has 1 aliphatic heterocycles. The predicted molar refractivity (Wildman–Crippen MR) is 141 cm³/mol. The number of nitrogens with zero attached hydrogens (tertiary/aromatic N) is 1. The van der Waals surface area contributed by atoms with Gasteiger partial charge in [0, 0.05) is 10.4 Å². The number of carboxylic acids is 1. The molecule has 0 bridgehead atoms. The van der Waals surface area contributed by atoms with Crippen LogP contribution in [0.2, 0.25) is 0 Å². The summed E-state index contributed by atoms with van der Waals surface area (Å²) in [7, 11) is 0. The minimum absolute atomic E-state index is 0.0438. The Bertz CT molecular complexity index is 1460. The summed E-state index contributed by atoms with van der Waals surface area (Å²) in [6.07, 6.45) is 1.78. The van der Waals surface area contributed by atoms with Crippen molar-refractivity contribution in [1.82, 2.24) is 5.32 Å². The van der Waals surface area contributed by atoms with Gasteiger partial charge in [0.15, 0.2) is 5.17 Å². The monoisotopic (exact) mass is 500 g/mol. The average Bonchev–Trinajstić information content (AvgIpc) is 3.48. The molecule has 0 aliphatic carbocycles. The Balaban J connectivity index is 1.41. The first-order valence-corrected chi connectivity index (χ1v) is 12.5. The van der Waals surface area contributed by atoms with Crippen molar-refractivity contribution in [2.75, 3.05) is 0 Å². The first-order valence-electron chi connectivity index (χ1n) is 10.8. The van der Waals surface area contributed by atoms with Crippen LogP contribution in [0, 0.1) is 0 Å². The smallest absolute Gasteiger partial charge is 0.307 e. The normalized spacial score (nSPS) is 15.6. The highest BCUT2D eigenvalue weighted by molar-refractivity contribution is 8.18. The third-order valence-electron chi connectivity index (χ3n) is 5.29. The van der Waals surface area contributed by atoms with Gasteiger partial charge in [-0.25, -0.2) is 4.99 Å². The number of hydrogen-bond donors (Lipinski definition) is 2. The lowest BCUT2D eigenvalue weighted by atomic mass is 10.1. The summed E-state index contributed by atoms with van der Waals surface area (Å²) in [5, 5.41) is 16.3. The largest absolute Gasteiger partial charge is 0.487 e. The second kappa shape index (κ2) is 10.2. The van der Waals surface area contributed by atoms with Gasteiger partial charge in [-0.2, -0.15) is 0 Å². The molecular weight excluding hydrogens is 480 g/mol. The van der Waals surface area contributed by atoms with Crippen LogP contribution in [0.25, 0.3) is 16.8 Å².